The van der Waals surface area contributed by atoms with Crippen LogP contribution in [0.2, 0.25) is 0 Å². The number of nitro groups is 1. The van der Waals surface area contributed by atoms with Gasteiger partial charge in [-0.25, -0.2) is 0 Å². The Balaban J connectivity index is 2.10. The van der Waals surface area contributed by atoms with Gasteiger partial charge in [0, 0.05) is 35.5 Å². The molecule has 6 heteroatoms. The Morgan fingerprint density at radius 2 is 2.21 bits per heavy atom. The van der Waals surface area contributed by atoms with Crippen molar-refractivity contribution in [2.45, 2.75) is 19.8 Å². The fraction of sp³-hybridized carbons (Fsp3) is 0.462. The second-order valence-corrected chi connectivity index (χ2v) is 5.34. The first-order chi connectivity index (χ1) is 8.97. The van der Waals surface area contributed by atoms with Gasteiger partial charge in [0.2, 0.25) is 0 Å². The monoisotopic (exact) mass is 282 g/mol. The van der Waals surface area contributed by atoms with E-state index >= 15 is 0 Å². The van der Waals surface area contributed by atoms with Crippen LogP contribution in [0.4, 0.5) is 5.69 Å². The van der Waals surface area contributed by atoms with Gasteiger partial charge >= 0.3 is 0 Å². The minimum absolute atomic E-state index is 0.0336. The molecule has 0 spiro atoms. The molecule has 0 atom stereocenters. The summed E-state index contributed by atoms with van der Waals surface area (Å²) >= 11 is 5.84. The van der Waals surface area contributed by atoms with E-state index < -0.39 is 4.92 Å². The van der Waals surface area contributed by atoms with Crippen molar-refractivity contribution < 1.29 is 9.72 Å². The predicted molar refractivity (Wildman–Crippen MR) is 72.6 cm³/mol. The van der Waals surface area contributed by atoms with Gasteiger partial charge in [-0.15, -0.1) is 11.6 Å². The third kappa shape index (κ3) is 3.04. The molecule has 0 radical (unpaired) electrons. The minimum atomic E-state index is -0.503. The molecule has 0 heterocycles. The smallest absolute Gasteiger partial charge is 0.270 e. The Hall–Kier alpha value is -1.62. The van der Waals surface area contributed by atoms with E-state index in [4.69, 9.17) is 11.6 Å². The van der Waals surface area contributed by atoms with Gasteiger partial charge in [0.05, 0.1) is 4.92 Å². The highest BCUT2D eigenvalue weighted by Crippen LogP contribution is 2.45. The quantitative estimate of drug-likeness (QED) is 0.513. The Bertz CT molecular complexity index is 527. The minimum Gasteiger partial charge on any atom is -0.351 e. The fourth-order valence-electron chi connectivity index (χ4n) is 1.87. The summed E-state index contributed by atoms with van der Waals surface area (Å²) in [4.78, 5) is 22.3. The van der Waals surface area contributed by atoms with E-state index in [2.05, 4.69) is 5.32 Å². The topological polar surface area (TPSA) is 72.2 Å². The Kier molecular flexibility index (Phi) is 3.75. The van der Waals surface area contributed by atoms with Crippen LogP contribution in [-0.2, 0) is 0 Å². The maximum Gasteiger partial charge on any atom is 0.270 e. The summed E-state index contributed by atoms with van der Waals surface area (Å²) in [6.07, 6.45) is 2.04. The van der Waals surface area contributed by atoms with Crippen LogP contribution in [0, 0.1) is 22.5 Å². The summed E-state index contributed by atoms with van der Waals surface area (Å²) in [5.74, 6) is 0.249. The molecule has 1 aromatic carbocycles. The van der Waals surface area contributed by atoms with Crippen molar-refractivity contribution in [2.24, 2.45) is 5.41 Å². The number of hydrogen-bond donors (Lipinski definition) is 1. The van der Waals surface area contributed by atoms with Gasteiger partial charge in [-0.3, -0.25) is 14.9 Å². The van der Waals surface area contributed by atoms with Gasteiger partial charge in [-0.05, 0) is 25.3 Å². The molecule has 1 aliphatic carbocycles. The molecular formula is C13H15ClN2O3. The SMILES string of the molecule is Cc1ccc([N+](=O)[O-])cc1C(=O)NCC1(CCl)CC1. The number of nitrogens with one attached hydrogen (secondary N) is 1. The van der Waals surface area contributed by atoms with E-state index in [0.29, 0.717) is 18.0 Å². The van der Waals surface area contributed by atoms with Crippen molar-refractivity contribution in [1.29, 1.82) is 0 Å². The number of non-ortho nitro benzene ring substituents is 1. The van der Waals surface area contributed by atoms with Crippen LogP contribution in [0.25, 0.3) is 0 Å². The third-order valence-corrected chi connectivity index (χ3v) is 4.11. The van der Waals surface area contributed by atoms with Crippen LogP contribution in [0.5, 0.6) is 0 Å². The molecule has 19 heavy (non-hydrogen) atoms. The summed E-state index contributed by atoms with van der Waals surface area (Å²) < 4.78 is 0. The molecule has 1 amide bonds. The number of nitro benzene ring substituents is 1. The normalized spacial score (nSPS) is 15.9. The molecule has 102 valence electrons. The van der Waals surface area contributed by atoms with Crippen molar-refractivity contribution >= 4 is 23.2 Å². The first kappa shape index (κ1) is 13.8. The van der Waals surface area contributed by atoms with Crippen LogP contribution in [0.1, 0.15) is 28.8 Å². The molecule has 1 aromatic rings. The van der Waals surface area contributed by atoms with Crippen LogP contribution in [-0.4, -0.2) is 23.3 Å². The largest absolute Gasteiger partial charge is 0.351 e. The fourth-order valence-corrected chi connectivity index (χ4v) is 2.23. The van der Waals surface area contributed by atoms with Gasteiger partial charge in [0.1, 0.15) is 0 Å². The maximum absolute atomic E-state index is 12.1. The van der Waals surface area contributed by atoms with Gasteiger partial charge in [-0.1, -0.05) is 6.07 Å². The standard InChI is InChI=1S/C13H15ClN2O3/c1-9-2-3-10(16(18)19)6-11(9)12(17)15-8-13(7-14)4-5-13/h2-3,6H,4-5,7-8H2,1H3,(H,15,17). The van der Waals surface area contributed by atoms with Crippen molar-refractivity contribution in [3.8, 4) is 0 Å². The number of alkyl halides is 1. The highest BCUT2D eigenvalue weighted by molar-refractivity contribution is 6.18. The van der Waals surface area contributed by atoms with E-state index in [1.807, 2.05) is 0 Å². The zero-order valence-corrected chi connectivity index (χ0v) is 11.4. The first-order valence-corrected chi connectivity index (χ1v) is 6.60. The van der Waals surface area contributed by atoms with E-state index in [1.165, 1.54) is 12.1 Å². The zero-order valence-electron chi connectivity index (χ0n) is 10.6. The first-order valence-electron chi connectivity index (χ1n) is 6.07. The van der Waals surface area contributed by atoms with E-state index in [1.54, 1.807) is 13.0 Å². The Morgan fingerprint density at radius 1 is 1.53 bits per heavy atom. The average Bonchev–Trinajstić information content (AvgIpc) is 3.17. The molecule has 0 unspecified atom stereocenters. The summed E-state index contributed by atoms with van der Waals surface area (Å²) in [5.41, 5.74) is 1.03. The Morgan fingerprint density at radius 3 is 2.74 bits per heavy atom. The number of amides is 1. The molecule has 1 fully saturated rings. The molecule has 1 aliphatic rings. The summed E-state index contributed by atoms with van der Waals surface area (Å²) in [5, 5.41) is 13.5. The highest BCUT2D eigenvalue weighted by atomic mass is 35.5. The van der Waals surface area contributed by atoms with E-state index in [0.717, 1.165) is 18.4 Å². The number of benzene rings is 1. The zero-order chi connectivity index (χ0) is 14.0. The van der Waals surface area contributed by atoms with Crippen molar-refractivity contribution in [3.63, 3.8) is 0 Å². The lowest BCUT2D eigenvalue weighted by Crippen LogP contribution is -2.31. The van der Waals surface area contributed by atoms with Gasteiger partial charge in [0.25, 0.3) is 11.6 Å². The molecule has 1 saturated carbocycles. The Labute approximate surface area is 116 Å². The molecular weight excluding hydrogens is 268 g/mol. The summed E-state index contributed by atoms with van der Waals surface area (Å²) in [6.45, 7) is 2.28. The van der Waals surface area contributed by atoms with E-state index in [-0.39, 0.29) is 17.0 Å². The van der Waals surface area contributed by atoms with E-state index in [9.17, 15) is 14.9 Å². The molecule has 0 aliphatic heterocycles. The van der Waals surface area contributed by atoms with Crippen LogP contribution in [0.15, 0.2) is 18.2 Å². The highest BCUT2D eigenvalue weighted by Gasteiger charge is 2.41. The maximum atomic E-state index is 12.1. The van der Waals surface area contributed by atoms with Gasteiger partial charge < -0.3 is 5.32 Å². The van der Waals surface area contributed by atoms with Crippen LogP contribution < -0.4 is 5.32 Å². The number of aryl methyl sites for hydroxylation is 1. The predicted octanol–water partition coefficient (Wildman–Crippen LogP) is 2.65. The van der Waals surface area contributed by atoms with Crippen LogP contribution in [0.3, 0.4) is 0 Å². The van der Waals surface area contributed by atoms with Crippen molar-refractivity contribution in [1.82, 2.24) is 5.32 Å². The number of rotatable bonds is 5. The van der Waals surface area contributed by atoms with Crippen LogP contribution >= 0.6 is 11.6 Å². The average molecular weight is 283 g/mol. The van der Waals surface area contributed by atoms with Crippen molar-refractivity contribution in [2.75, 3.05) is 12.4 Å². The molecule has 1 N–H and O–H groups in total. The number of hydrogen-bond acceptors (Lipinski definition) is 3. The third-order valence-electron chi connectivity index (χ3n) is 3.54. The summed E-state index contributed by atoms with van der Waals surface area (Å²) in [6, 6.07) is 4.29. The molecule has 0 bridgehead atoms. The van der Waals surface area contributed by atoms with Gasteiger partial charge in [-0.2, -0.15) is 0 Å². The number of carbonyl (C=O) groups is 1. The molecule has 0 aromatic heterocycles. The molecule has 5 nitrogen and oxygen atoms in total. The molecule has 2 rings (SSSR count). The lowest BCUT2D eigenvalue weighted by molar-refractivity contribution is -0.384. The van der Waals surface area contributed by atoms with Crippen molar-refractivity contribution in [3.05, 3.63) is 39.4 Å². The lowest BCUT2D eigenvalue weighted by atomic mass is 10.1. The summed E-state index contributed by atoms with van der Waals surface area (Å²) in [7, 11) is 0. The second-order valence-electron chi connectivity index (χ2n) is 5.07. The lowest BCUT2D eigenvalue weighted by Gasteiger charge is -2.13. The number of carbonyl (C=O) groups excluding carboxylic acids is 1. The number of nitrogens with zero attached hydrogens (tertiary/aromatic N) is 1. The second kappa shape index (κ2) is 5.17. The van der Waals surface area contributed by atoms with Gasteiger partial charge in [0.15, 0.2) is 0 Å². The number of halogens is 1. The molecule has 0 saturated heterocycles.